The minimum Gasteiger partial charge on any atom is -0.497 e. The number of primary amides is 1. The van der Waals surface area contributed by atoms with Gasteiger partial charge in [-0.1, -0.05) is 6.07 Å². The van der Waals surface area contributed by atoms with Gasteiger partial charge in [-0.05, 0) is 19.2 Å². The molecule has 0 saturated carbocycles. The third-order valence-electron chi connectivity index (χ3n) is 2.64. The normalized spacial score (nSPS) is 11.9. The SMILES string of the molecule is CNC(CN(C)c1cccc(OC)c1)C(N)=O. The Bertz CT molecular complexity index is 382. The van der Waals surface area contributed by atoms with Crippen LogP contribution < -0.4 is 20.7 Å². The van der Waals surface area contributed by atoms with E-state index < -0.39 is 0 Å². The summed E-state index contributed by atoms with van der Waals surface area (Å²) in [6.45, 7) is 0.513. The molecule has 0 radical (unpaired) electrons. The van der Waals surface area contributed by atoms with E-state index in [4.69, 9.17) is 10.5 Å². The van der Waals surface area contributed by atoms with E-state index in [1.165, 1.54) is 0 Å². The maximum atomic E-state index is 11.1. The third kappa shape index (κ3) is 3.64. The van der Waals surface area contributed by atoms with Crippen LogP contribution in [0.2, 0.25) is 0 Å². The van der Waals surface area contributed by atoms with E-state index >= 15 is 0 Å². The molecular formula is C12H19N3O2. The molecule has 94 valence electrons. The predicted molar refractivity (Wildman–Crippen MR) is 68.3 cm³/mol. The van der Waals surface area contributed by atoms with E-state index in [2.05, 4.69) is 5.32 Å². The Kier molecular flexibility index (Phi) is 4.78. The summed E-state index contributed by atoms with van der Waals surface area (Å²) in [4.78, 5) is 13.1. The van der Waals surface area contributed by atoms with E-state index in [1.807, 2.05) is 36.2 Å². The smallest absolute Gasteiger partial charge is 0.236 e. The van der Waals surface area contributed by atoms with Crippen LogP contribution in [0.1, 0.15) is 0 Å². The summed E-state index contributed by atoms with van der Waals surface area (Å²) in [5.74, 6) is 0.427. The van der Waals surface area contributed by atoms with E-state index in [-0.39, 0.29) is 11.9 Å². The maximum Gasteiger partial charge on any atom is 0.236 e. The van der Waals surface area contributed by atoms with Crippen molar-refractivity contribution in [2.75, 3.05) is 32.6 Å². The van der Waals surface area contributed by atoms with E-state index in [0.717, 1.165) is 11.4 Å². The van der Waals surface area contributed by atoms with E-state index in [0.29, 0.717) is 6.54 Å². The fourth-order valence-electron chi connectivity index (χ4n) is 1.55. The van der Waals surface area contributed by atoms with Crippen molar-refractivity contribution >= 4 is 11.6 Å². The number of ether oxygens (including phenoxy) is 1. The quantitative estimate of drug-likeness (QED) is 0.742. The fraction of sp³-hybridized carbons (Fsp3) is 0.417. The lowest BCUT2D eigenvalue weighted by Gasteiger charge is -2.24. The summed E-state index contributed by atoms with van der Waals surface area (Å²) in [7, 11) is 5.25. The molecule has 1 aromatic rings. The summed E-state index contributed by atoms with van der Waals surface area (Å²) in [5.41, 5.74) is 6.25. The van der Waals surface area contributed by atoms with Crippen molar-refractivity contribution in [3.8, 4) is 5.75 Å². The molecule has 0 heterocycles. The predicted octanol–water partition coefficient (Wildman–Crippen LogP) is 0.205. The molecule has 0 aliphatic rings. The standard InChI is InChI=1S/C12H19N3O2/c1-14-11(12(13)16)8-15(2)9-5-4-6-10(7-9)17-3/h4-7,11,14H,8H2,1-3H3,(H2,13,16). The second-order valence-electron chi connectivity index (χ2n) is 3.83. The molecule has 1 unspecified atom stereocenters. The van der Waals surface area contributed by atoms with Crippen molar-refractivity contribution < 1.29 is 9.53 Å². The summed E-state index contributed by atoms with van der Waals surface area (Å²) in [5, 5.41) is 2.88. The number of anilines is 1. The molecule has 0 saturated heterocycles. The first-order valence-electron chi connectivity index (χ1n) is 5.40. The molecular weight excluding hydrogens is 218 g/mol. The molecule has 0 aromatic heterocycles. The Hall–Kier alpha value is -1.75. The van der Waals surface area contributed by atoms with Crippen molar-refractivity contribution in [2.24, 2.45) is 5.73 Å². The van der Waals surface area contributed by atoms with Crippen LogP contribution in [0.5, 0.6) is 5.75 Å². The number of nitrogens with zero attached hydrogens (tertiary/aromatic N) is 1. The van der Waals surface area contributed by atoms with Crippen LogP contribution in [0.4, 0.5) is 5.69 Å². The van der Waals surface area contributed by atoms with Gasteiger partial charge in [-0.2, -0.15) is 0 Å². The van der Waals surface area contributed by atoms with Crippen LogP contribution in [0.15, 0.2) is 24.3 Å². The number of nitrogens with two attached hydrogens (primary N) is 1. The Morgan fingerprint density at radius 2 is 2.29 bits per heavy atom. The number of nitrogens with one attached hydrogen (secondary N) is 1. The number of carbonyl (C=O) groups is 1. The maximum absolute atomic E-state index is 11.1. The average molecular weight is 237 g/mol. The fourth-order valence-corrected chi connectivity index (χ4v) is 1.55. The summed E-state index contributed by atoms with van der Waals surface area (Å²) < 4.78 is 5.15. The van der Waals surface area contributed by atoms with Crippen molar-refractivity contribution in [3.63, 3.8) is 0 Å². The highest BCUT2D eigenvalue weighted by molar-refractivity contribution is 5.80. The van der Waals surface area contributed by atoms with Gasteiger partial charge in [0, 0.05) is 25.3 Å². The molecule has 1 amide bonds. The largest absolute Gasteiger partial charge is 0.497 e. The molecule has 5 heteroatoms. The van der Waals surface area contributed by atoms with Gasteiger partial charge in [-0.3, -0.25) is 4.79 Å². The van der Waals surface area contributed by atoms with Crippen LogP contribution in [-0.4, -0.2) is 39.7 Å². The van der Waals surface area contributed by atoms with Gasteiger partial charge >= 0.3 is 0 Å². The number of likely N-dealkylation sites (N-methyl/N-ethyl adjacent to an activating group) is 2. The van der Waals surface area contributed by atoms with E-state index in [9.17, 15) is 4.79 Å². The molecule has 17 heavy (non-hydrogen) atoms. The van der Waals surface area contributed by atoms with Gasteiger partial charge in [0.25, 0.3) is 0 Å². The number of rotatable bonds is 6. The number of benzene rings is 1. The molecule has 1 atom stereocenters. The van der Waals surface area contributed by atoms with Crippen LogP contribution in [0, 0.1) is 0 Å². The first-order chi connectivity index (χ1) is 8.08. The molecule has 0 spiro atoms. The zero-order valence-electron chi connectivity index (χ0n) is 10.4. The van der Waals surface area contributed by atoms with Gasteiger partial charge in [0.15, 0.2) is 0 Å². The molecule has 5 nitrogen and oxygen atoms in total. The molecule has 0 aliphatic carbocycles. The van der Waals surface area contributed by atoms with Gasteiger partial charge < -0.3 is 20.7 Å². The number of methoxy groups -OCH3 is 1. The summed E-state index contributed by atoms with van der Waals surface area (Å²) in [6.07, 6.45) is 0. The van der Waals surface area contributed by atoms with Gasteiger partial charge in [0.1, 0.15) is 11.8 Å². The van der Waals surface area contributed by atoms with Crippen molar-refractivity contribution in [1.82, 2.24) is 5.32 Å². The highest BCUT2D eigenvalue weighted by atomic mass is 16.5. The Morgan fingerprint density at radius 3 is 2.82 bits per heavy atom. The Labute approximate surface area is 102 Å². The first-order valence-corrected chi connectivity index (χ1v) is 5.40. The lowest BCUT2D eigenvalue weighted by molar-refractivity contribution is -0.119. The van der Waals surface area contributed by atoms with Gasteiger partial charge in [-0.25, -0.2) is 0 Å². The summed E-state index contributed by atoms with van der Waals surface area (Å²) in [6, 6.07) is 7.28. The molecule has 0 bridgehead atoms. The summed E-state index contributed by atoms with van der Waals surface area (Å²) >= 11 is 0. The Morgan fingerprint density at radius 1 is 1.59 bits per heavy atom. The lowest BCUT2D eigenvalue weighted by atomic mass is 10.2. The molecule has 0 fully saturated rings. The highest BCUT2D eigenvalue weighted by Gasteiger charge is 2.15. The lowest BCUT2D eigenvalue weighted by Crippen LogP contribution is -2.46. The second kappa shape index (κ2) is 6.10. The number of carbonyl (C=O) groups excluding carboxylic acids is 1. The van der Waals surface area contributed by atoms with Crippen molar-refractivity contribution in [1.29, 1.82) is 0 Å². The monoisotopic (exact) mass is 237 g/mol. The molecule has 1 aromatic carbocycles. The van der Waals surface area contributed by atoms with Gasteiger partial charge in [0.2, 0.25) is 5.91 Å². The number of hydrogen-bond acceptors (Lipinski definition) is 4. The van der Waals surface area contributed by atoms with Crippen LogP contribution in [0.3, 0.4) is 0 Å². The second-order valence-corrected chi connectivity index (χ2v) is 3.83. The molecule has 3 N–H and O–H groups in total. The van der Waals surface area contributed by atoms with Gasteiger partial charge in [0.05, 0.1) is 7.11 Å². The van der Waals surface area contributed by atoms with Crippen LogP contribution >= 0.6 is 0 Å². The minimum absolute atomic E-state index is 0.359. The molecule has 1 rings (SSSR count). The molecule has 0 aliphatic heterocycles. The zero-order chi connectivity index (χ0) is 12.8. The third-order valence-corrected chi connectivity index (χ3v) is 2.64. The van der Waals surface area contributed by atoms with Gasteiger partial charge in [-0.15, -0.1) is 0 Å². The minimum atomic E-state index is -0.369. The van der Waals surface area contributed by atoms with Crippen LogP contribution in [0.25, 0.3) is 0 Å². The first kappa shape index (κ1) is 13.3. The van der Waals surface area contributed by atoms with Crippen LogP contribution in [-0.2, 0) is 4.79 Å². The Balaban J connectivity index is 2.74. The van der Waals surface area contributed by atoms with Crippen molar-refractivity contribution in [2.45, 2.75) is 6.04 Å². The van der Waals surface area contributed by atoms with E-state index in [1.54, 1.807) is 14.2 Å². The highest BCUT2D eigenvalue weighted by Crippen LogP contribution is 2.19. The van der Waals surface area contributed by atoms with Crippen molar-refractivity contribution in [3.05, 3.63) is 24.3 Å². The average Bonchev–Trinajstić information content (AvgIpc) is 2.35. The topological polar surface area (TPSA) is 67.6 Å². The number of hydrogen-bond donors (Lipinski definition) is 2. The number of amides is 1. The zero-order valence-corrected chi connectivity index (χ0v) is 10.4.